The molecule has 1 aromatic carbocycles. The van der Waals surface area contributed by atoms with E-state index in [0.717, 1.165) is 15.4 Å². The fourth-order valence-electron chi connectivity index (χ4n) is 2.82. The first-order valence-electron chi connectivity index (χ1n) is 7.34. The van der Waals surface area contributed by atoms with Gasteiger partial charge in [0.05, 0.1) is 11.1 Å². The molecule has 3 rings (SSSR count). The maximum atomic E-state index is 12.8. The standard InChI is InChI=1S/C16H16BrN3O3/c17-10-1-2-14-13(9-10)12(3-6-19-14)15(21)20-7-4-11(5-8-20)23-16(18)22/h1-3,6,9,11H,4-5,7-8H2,(H2,18,22). The summed E-state index contributed by atoms with van der Waals surface area (Å²) in [4.78, 5) is 29.7. The van der Waals surface area contributed by atoms with Gasteiger partial charge in [-0.1, -0.05) is 15.9 Å². The third kappa shape index (κ3) is 3.44. The Morgan fingerprint density at radius 2 is 2.00 bits per heavy atom. The molecule has 0 atom stereocenters. The monoisotopic (exact) mass is 377 g/mol. The smallest absolute Gasteiger partial charge is 0.404 e. The molecular formula is C16H16BrN3O3. The number of hydrogen-bond acceptors (Lipinski definition) is 4. The number of amides is 2. The number of carbonyl (C=O) groups excluding carboxylic acids is 2. The van der Waals surface area contributed by atoms with Crippen molar-refractivity contribution in [3.8, 4) is 0 Å². The Balaban J connectivity index is 1.79. The Bertz CT molecular complexity index is 757. The van der Waals surface area contributed by atoms with Crippen molar-refractivity contribution in [2.24, 2.45) is 5.73 Å². The maximum absolute atomic E-state index is 12.8. The number of likely N-dealkylation sites (tertiary alicyclic amines) is 1. The van der Waals surface area contributed by atoms with Crippen LogP contribution >= 0.6 is 15.9 Å². The normalized spacial score (nSPS) is 15.6. The van der Waals surface area contributed by atoms with Gasteiger partial charge in [-0.25, -0.2) is 4.79 Å². The summed E-state index contributed by atoms with van der Waals surface area (Å²) in [7, 11) is 0. The number of nitrogens with two attached hydrogens (primary N) is 1. The second-order valence-corrected chi connectivity index (χ2v) is 6.36. The lowest BCUT2D eigenvalue weighted by molar-refractivity contribution is 0.0456. The fourth-order valence-corrected chi connectivity index (χ4v) is 3.18. The third-order valence-electron chi connectivity index (χ3n) is 3.95. The zero-order valence-electron chi connectivity index (χ0n) is 12.4. The van der Waals surface area contributed by atoms with Gasteiger partial charge in [-0.05, 0) is 24.3 Å². The van der Waals surface area contributed by atoms with E-state index in [1.165, 1.54) is 0 Å². The van der Waals surface area contributed by atoms with Crippen LogP contribution in [0.15, 0.2) is 34.9 Å². The van der Waals surface area contributed by atoms with Crippen molar-refractivity contribution < 1.29 is 14.3 Å². The van der Waals surface area contributed by atoms with Crippen LogP contribution in [0.5, 0.6) is 0 Å². The average molecular weight is 378 g/mol. The number of aromatic nitrogens is 1. The Hall–Kier alpha value is -2.15. The molecule has 0 radical (unpaired) electrons. The van der Waals surface area contributed by atoms with Crippen LogP contribution in [-0.4, -0.2) is 41.1 Å². The Kier molecular flexibility index (Phi) is 4.47. The van der Waals surface area contributed by atoms with Crippen LogP contribution in [0, 0.1) is 0 Å². The lowest BCUT2D eigenvalue weighted by Gasteiger charge is -2.31. The van der Waals surface area contributed by atoms with E-state index < -0.39 is 6.09 Å². The van der Waals surface area contributed by atoms with Crippen LogP contribution in [0.3, 0.4) is 0 Å². The van der Waals surface area contributed by atoms with Crippen molar-refractivity contribution in [3.63, 3.8) is 0 Å². The summed E-state index contributed by atoms with van der Waals surface area (Å²) < 4.78 is 5.90. The van der Waals surface area contributed by atoms with E-state index >= 15 is 0 Å². The molecule has 1 aliphatic heterocycles. The first-order chi connectivity index (χ1) is 11.0. The number of piperidine rings is 1. The molecular weight excluding hydrogens is 362 g/mol. The van der Waals surface area contributed by atoms with Gasteiger partial charge in [0, 0.05) is 42.0 Å². The predicted octanol–water partition coefficient (Wildman–Crippen LogP) is 2.70. The second-order valence-electron chi connectivity index (χ2n) is 5.45. The topological polar surface area (TPSA) is 85.5 Å². The van der Waals surface area contributed by atoms with Crippen molar-refractivity contribution >= 4 is 38.8 Å². The quantitative estimate of drug-likeness (QED) is 0.871. The molecule has 2 aromatic rings. The van der Waals surface area contributed by atoms with Gasteiger partial charge in [0.25, 0.3) is 5.91 Å². The van der Waals surface area contributed by atoms with E-state index in [2.05, 4.69) is 20.9 Å². The van der Waals surface area contributed by atoms with Gasteiger partial charge < -0.3 is 15.4 Å². The van der Waals surface area contributed by atoms with Crippen molar-refractivity contribution in [2.75, 3.05) is 13.1 Å². The number of rotatable bonds is 2. The first kappa shape index (κ1) is 15.7. The van der Waals surface area contributed by atoms with E-state index in [1.807, 2.05) is 18.2 Å². The second kappa shape index (κ2) is 6.54. The number of nitrogens with zero attached hydrogens (tertiary/aromatic N) is 2. The van der Waals surface area contributed by atoms with Gasteiger partial charge >= 0.3 is 6.09 Å². The first-order valence-corrected chi connectivity index (χ1v) is 8.13. The van der Waals surface area contributed by atoms with Gasteiger partial charge in [-0.3, -0.25) is 9.78 Å². The number of ether oxygens (including phenoxy) is 1. The minimum absolute atomic E-state index is 0.0342. The minimum Gasteiger partial charge on any atom is -0.446 e. The van der Waals surface area contributed by atoms with Crippen LogP contribution in [-0.2, 0) is 4.74 Å². The number of benzene rings is 1. The molecule has 0 unspecified atom stereocenters. The summed E-state index contributed by atoms with van der Waals surface area (Å²) >= 11 is 3.43. The number of carbonyl (C=O) groups is 2. The number of hydrogen-bond donors (Lipinski definition) is 1. The number of fused-ring (bicyclic) bond motifs is 1. The minimum atomic E-state index is -0.764. The van der Waals surface area contributed by atoms with Crippen LogP contribution in [0.4, 0.5) is 4.79 Å². The predicted molar refractivity (Wildman–Crippen MR) is 89.0 cm³/mol. The van der Waals surface area contributed by atoms with Crippen molar-refractivity contribution in [1.29, 1.82) is 0 Å². The van der Waals surface area contributed by atoms with E-state index in [0.29, 0.717) is 31.5 Å². The summed E-state index contributed by atoms with van der Waals surface area (Å²) in [5.74, 6) is -0.0342. The van der Waals surface area contributed by atoms with E-state index in [-0.39, 0.29) is 12.0 Å². The molecule has 2 N–H and O–H groups in total. The van der Waals surface area contributed by atoms with Crippen LogP contribution in [0.25, 0.3) is 10.9 Å². The van der Waals surface area contributed by atoms with Crippen LogP contribution < -0.4 is 5.73 Å². The van der Waals surface area contributed by atoms with E-state index in [9.17, 15) is 9.59 Å². The van der Waals surface area contributed by atoms with E-state index in [4.69, 9.17) is 10.5 Å². The molecule has 0 bridgehead atoms. The van der Waals surface area contributed by atoms with Gasteiger partial charge in [0.1, 0.15) is 6.10 Å². The number of pyridine rings is 1. The molecule has 2 heterocycles. The lowest BCUT2D eigenvalue weighted by atomic mass is 10.0. The summed E-state index contributed by atoms with van der Waals surface area (Å²) in [5.41, 5.74) is 6.45. The van der Waals surface area contributed by atoms with Gasteiger partial charge in [0.2, 0.25) is 0 Å². The molecule has 6 nitrogen and oxygen atoms in total. The van der Waals surface area contributed by atoms with Crippen LogP contribution in [0.2, 0.25) is 0 Å². The highest BCUT2D eigenvalue weighted by molar-refractivity contribution is 9.10. The Labute approximate surface area is 141 Å². The summed E-state index contributed by atoms with van der Waals surface area (Å²) in [5, 5.41) is 0.822. The average Bonchev–Trinajstić information content (AvgIpc) is 2.54. The molecule has 7 heteroatoms. The maximum Gasteiger partial charge on any atom is 0.404 e. The Morgan fingerprint density at radius 1 is 1.26 bits per heavy atom. The molecule has 2 amide bonds. The largest absolute Gasteiger partial charge is 0.446 e. The molecule has 23 heavy (non-hydrogen) atoms. The number of halogens is 1. The highest BCUT2D eigenvalue weighted by atomic mass is 79.9. The zero-order chi connectivity index (χ0) is 16.4. The Morgan fingerprint density at radius 3 is 2.70 bits per heavy atom. The fraction of sp³-hybridized carbons (Fsp3) is 0.312. The molecule has 1 fully saturated rings. The van der Waals surface area contributed by atoms with Crippen molar-refractivity contribution in [1.82, 2.24) is 9.88 Å². The summed E-state index contributed by atoms with van der Waals surface area (Å²) in [6, 6.07) is 7.42. The van der Waals surface area contributed by atoms with Gasteiger partial charge in [-0.2, -0.15) is 0 Å². The van der Waals surface area contributed by atoms with E-state index in [1.54, 1.807) is 17.2 Å². The molecule has 120 valence electrons. The molecule has 0 spiro atoms. The highest BCUT2D eigenvalue weighted by Crippen LogP contribution is 2.24. The highest BCUT2D eigenvalue weighted by Gasteiger charge is 2.26. The van der Waals surface area contributed by atoms with Gasteiger partial charge in [0.15, 0.2) is 0 Å². The third-order valence-corrected chi connectivity index (χ3v) is 4.44. The van der Waals surface area contributed by atoms with Crippen molar-refractivity contribution in [3.05, 3.63) is 40.5 Å². The van der Waals surface area contributed by atoms with Crippen LogP contribution in [0.1, 0.15) is 23.2 Å². The van der Waals surface area contributed by atoms with Gasteiger partial charge in [-0.15, -0.1) is 0 Å². The molecule has 1 saturated heterocycles. The summed E-state index contributed by atoms with van der Waals surface area (Å²) in [6.45, 7) is 1.07. The number of primary amides is 1. The zero-order valence-corrected chi connectivity index (χ0v) is 14.0. The molecule has 1 aromatic heterocycles. The lowest BCUT2D eigenvalue weighted by Crippen LogP contribution is -2.42. The van der Waals surface area contributed by atoms with Crippen molar-refractivity contribution in [2.45, 2.75) is 18.9 Å². The molecule has 0 aliphatic carbocycles. The SMILES string of the molecule is NC(=O)OC1CCN(C(=O)c2ccnc3ccc(Br)cc23)CC1. The molecule has 1 aliphatic rings. The summed E-state index contributed by atoms with van der Waals surface area (Å²) in [6.07, 6.45) is 1.87. The molecule has 0 saturated carbocycles.